The van der Waals surface area contributed by atoms with Crippen molar-refractivity contribution in [3.63, 3.8) is 0 Å². The molecule has 0 saturated heterocycles. The van der Waals surface area contributed by atoms with Crippen molar-refractivity contribution in [2.45, 2.75) is 6.42 Å². The van der Waals surface area contributed by atoms with E-state index in [4.69, 9.17) is 5.53 Å². The van der Waals surface area contributed by atoms with E-state index in [1.165, 1.54) is 0 Å². The normalized spacial score (nSPS) is 13.3. The number of benzene rings is 1. The number of hydrogen-bond donors (Lipinski definition) is 0. The Balaban J connectivity index is 0.000000249. The fraction of sp³-hybridized carbons (Fsp3) is 0.100. The van der Waals surface area contributed by atoms with Crippen molar-refractivity contribution in [2.75, 3.05) is 0 Å². The summed E-state index contributed by atoms with van der Waals surface area (Å²) < 4.78 is 39.0. The minimum Gasteiger partial charge on any atom is -0.418 e. The fourth-order valence-corrected chi connectivity index (χ4v) is 1.41. The van der Waals surface area contributed by atoms with Crippen molar-refractivity contribution in [3.05, 3.63) is 47.0 Å². The second kappa shape index (κ2) is 5.45. The van der Waals surface area contributed by atoms with E-state index in [9.17, 15) is 17.3 Å². The van der Waals surface area contributed by atoms with E-state index in [0.717, 1.165) is 16.8 Å². The van der Waals surface area contributed by atoms with Gasteiger partial charge < -0.3 is 22.8 Å². The highest BCUT2D eigenvalue weighted by atomic mass is 19.5. The topological polar surface area (TPSA) is 36.4 Å². The molecule has 0 aliphatic heterocycles. The Morgan fingerprint density at radius 3 is 2.29 bits per heavy atom. The summed E-state index contributed by atoms with van der Waals surface area (Å²) in [5.74, 6) is 0. The third-order valence-corrected chi connectivity index (χ3v) is 2.00. The molecule has 1 aromatic carbocycles. The van der Waals surface area contributed by atoms with E-state index < -0.39 is 7.25 Å². The maximum atomic E-state index is 9.75. The van der Waals surface area contributed by atoms with Crippen LogP contribution in [-0.4, -0.2) is 17.8 Å². The van der Waals surface area contributed by atoms with Gasteiger partial charge in [-0.25, -0.2) is 0 Å². The lowest BCUT2D eigenvalue weighted by Crippen LogP contribution is -2.06. The molecular formula is C10H8BF4N2-. The highest BCUT2D eigenvalue weighted by molar-refractivity contribution is 6.50. The Morgan fingerprint density at radius 1 is 1.12 bits per heavy atom. The van der Waals surface area contributed by atoms with Crippen LogP contribution in [0.1, 0.15) is 17.5 Å². The van der Waals surface area contributed by atoms with Crippen LogP contribution in [0.25, 0.3) is 11.6 Å². The summed E-state index contributed by atoms with van der Waals surface area (Å²) in [6.07, 6.45) is 4.76. The zero-order valence-electron chi connectivity index (χ0n) is 8.65. The fourth-order valence-electron chi connectivity index (χ4n) is 1.41. The Hall–Kier alpha value is -1.88. The third-order valence-electron chi connectivity index (χ3n) is 2.00. The molecular weight excluding hydrogens is 235 g/mol. The van der Waals surface area contributed by atoms with Crippen LogP contribution < -0.4 is 0 Å². The summed E-state index contributed by atoms with van der Waals surface area (Å²) in [5, 5.41) is 0. The lowest BCUT2D eigenvalue weighted by Gasteiger charge is -2.04. The molecule has 0 atom stereocenters. The number of nitrogens with zero attached hydrogens (tertiary/aromatic N) is 2. The van der Waals surface area contributed by atoms with Gasteiger partial charge in [0.25, 0.3) is 0 Å². The number of allylic oxidation sites excluding steroid dienone is 1. The summed E-state index contributed by atoms with van der Waals surface area (Å²) in [7, 11) is -6.00. The number of rotatable bonds is 0. The molecule has 1 aromatic rings. The molecule has 0 fully saturated rings. The molecule has 0 unspecified atom stereocenters. The quantitative estimate of drug-likeness (QED) is 0.289. The maximum absolute atomic E-state index is 9.75. The average molecular weight is 243 g/mol. The van der Waals surface area contributed by atoms with Crippen molar-refractivity contribution in [2.24, 2.45) is 0 Å². The summed E-state index contributed by atoms with van der Waals surface area (Å²) in [6.45, 7) is 0. The van der Waals surface area contributed by atoms with Gasteiger partial charge in [-0.3, -0.25) is 0 Å². The third kappa shape index (κ3) is 4.65. The van der Waals surface area contributed by atoms with Crippen LogP contribution >= 0.6 is 0 Å². The minimum atomic E-state index is -6.00. The van der Waals surface area contributed by atoms with Crippen molar-refractivity contribution in [1.29, 1.82) is 0 Å². The average Bonchev–Trinajstić information content (AvgIpc) is 2.26. The second-order valence-electron chi connectivity index (χ2n) is 3.24. The molecule has 0 bridgehead atoms. The highest BCUT2D eigenvalue weighted by Crippen LogP contribution is 2.17. The molecule has 0 N–H and O–H groups in total. The van der Waals surface area contributed by atoms with Crippen LogP contribution in [0, 0.1) is 0 Å². The van der Waals surface area contributed by atoms with Crippen molar-refractivity contribution in [1.82, 2.24) is 0 Å². The SMILES string of the molecule is F[B-](F)(F)F.[N-]=[N+]=C1CC=Cc2ccccc21. The van der Waals surface area contributed by atoms with Gasteiger partial charge in [-0.15, -0.1) is 0 Å². The summed E-state index contributed by atoms with van der Waals surface area (Å²) in [4.78, 5) is 3.25. The largest absolute Gasteiger partial charge is 0.673 e. The Morgan fingerprint density at radius 2 is 1.71 bits per heavy atom. The molecule has 7 heteroatoms. The summed E-state index contributed by atoms with van der Waals surface area (Å²) >= 11 is 0. The lowest BCUT2D eigenvalue weighted by molar-refractivity contribution is -0.00607. The van der Waals surface area contributed by atoms with E-state index in [1.807, 2.05) is 36.4 Å². The van der Waals surface area contributed by atoms with Crippen LogP contribution in [0.2, 0.25) is 0 Å². The van der Waals surface area contributed by atoms with E-state index >= 15 is 0 Å². The van der Waals surface area contributed by atoms with E-state index in [1.54, 1.807) is 0 Å². The van der Waals surface area contributed by atoms with Gasteiger partial charge in [-0.2, -0.15) is 4.79 Å². The van der Waals surface area contributed by atoms with Gasteiger partial charge in [-0.05, 0) is 11.6 Å². The van der Waals surface area contributed by atoms with Crippen LogP contribution in [0.4, 0.5) is 17.3 Å². The minimum absolute atomic E-state index is 0.716. The highest BCUT2D eigenvalue weighted by Gasteiger charge is 2.20. The van der Waals surface area contributed by atoms with Gasteiger partial charge in [0.1, 0.15) is 0 Å². The van der Waals surface area contributed by atoms with Gasteiger partial charge in [0, 0.05) is 0 Å². The predicted octanol–water partition coefficient (Wildman–Crippen LogP) is 3.42. The molecule has 2 nitrogen and oxygen atoms in total. The van der Waals surface area contributed by atoms with Gasteiger partial charge in [0.05, 0.1) is 12.0 Å². The number of halogens is 4. The van der Waals surface area contributed by atoms with Crippen LogP contribution in [0.15, 0.2) is 30.3 Å². The Kier molecular flexibility index (Phi) is 4.23. The zero-order chi connectivity index (χ0) is 12.9. The van der Waals surface area contributed by atoms with Gasteiger partial charge in [-0.1, -0.05) is 30.4 Å². The number of hydrogen-bond acceptors (Lipinski definition) is 0. The Labute approximate surface area is 95.3 Å². The van der Waals surface area contributed by atoms with Crippen LogP contribution in [-0.2, 0) is 0 Å². The van der Waals surface area contributed by atoms with Crippen molar-refractivity contribution in [3.8, 4) is 0 Å². The first-order valence-corrected chi connectivity index (χ1v) is 4.76. The summed E-state index contributed by atoms with van der Waals surface area (Å²) in [5.41, 5.74) is 11.6. The van der Waals surface area contributed by atoms with Crippen molar-refractivity contribution >= 4 is 19.0 Å². The Bertz CT molecular complexity index is 469. The molecule has 1 aliphatic rings. The summed E-state index contributed by atoms with van der Waals surface area (Å²) in [6, 6.07) is 7.90. The zero-order valence-corrected chi connectivity index (χ0v) is 8.65. The molecule has 0 heterocycles. The molecule has 90 valence electrons. The van der Waals surface area contributed by atoms with E-state index in [-0.39, 0.29) is 0 Å². The lowest BCUT2D eigenvalue weighted by atomic mass is 9.96. The standard InChI is InChI=1S/C10H8N2.BF4/c11-12-10-7-3-5-8-4-1-2-6-9(8)10;2-1(3,4)5/h1-6H,7H2;/q;-1. The van der Waals surface area contributed by atoms with Crippen LogP contribution in [0.5, 0.6) is 0 Å². The van der Waals surface area contributed by atoms with E-state index in [0.29, 0.717) is 6.42 Å². The maximum Gasteiger partial charge on any atom is 0.673 e. The molecule has 0 amide bonds. The molecule has 0 radical (unpaired) electrons. The predicted molar refractivity (Wildman–Crippen MR) is 58.0 cm³/mol. The monoisotopic (exact) mass is 243 g/mol. The van der Waals surface area contributed by atoms with Crippen molar-refractivity contribution < 1.29 is 22.1 Å². The number of fused-ring (bicyclic) bond motifs is 1. The van der Waals surface area contributed by atoms with Crippen LogP contribution in [0.3, 0.4) is 0 Å². The molecule has 0 saturated carbocycles. The van der Waals surface area contributed by atoms with Gasteiger partial charge in [0.2, 0.25) is 0 Å². The molecule has 1 aliphatic carbocycles. The molecule has 2 rings (SSSR count). The van der Waals surface area contributed by atoms with Gasteiger partial charge >= 0.3 is 13.0 Å². The first-order valence-electron chi connectivity index (χ1n) is 4.76. The molecule has 17 heavy (non-hydrogen) atoms. The second-order valence-corrected chi connectivity index (χ2v) is 3.24. The molecule has 0 aromatic heterocycles. The molecule has 0 spiro atoms. The van der Waals surface area contributed by atoms with E-state index in [2.05, 4.69) is 4.79 Å². The first kappa shape index (κ1) is 13.2. The first-order chi connectivity index (χ1) is 7.92. The van der Waals surface area contributed by atoms with Gasteiger partial charge in [0.15, 0.2) is 0 Å². The smallest absolute Gasteiger partial charge is 0.418 e.